The zero-order valence-corrected chi connectivity index (χ0v) is 19.9. The van der Waals surface area contributed by atoms with Crippen LogP contribution < -0.4 is 4.90 Å². The molecule has 0 spiro atoms. The summed E-state index contributed by atoms with van der Waals surface area (Å²) in [6, 6.07) is 12.4. The smallest absolute Gasteiger partial charge is 0.295 e. The average Bonchev–Trinajstić information content (AvgIpc) is 2.77. The van der Waals surface area contributed by atoms with Gasteiger partial charge in [-0.1, -0.05) is 24.6 Å². The molecular formula is C26H22F3N3O2S. The molecule has 1 saturated carbocycles. The van der Waals surface area contributed by atoms with Crippen molar-refractivity contribution >= 4 is 34.7 Å². The van der Waals surface area contributed by atoms with Gasteiger partial charge in [0.05, 0.1) is 23.2 Å². The van der Waals surface area contributed by atoms with Gasteiger partial charge in [-0.2, -0.15) is 18.4 Å². The van der Waals surface area contributed by atoms with Gasteiger partial charge in [-0.25, -0.2) is 0 Å². The summed E-state index contributed by atoms with van der Waals surface area (Å²) in [5.74, 6) is -0.870. The second-order valence-electron chi connectivity index (χ2n) is 8.69. The predicted molar refractivity (Wildman–Crippen MR) is 128 cm³/mol. The molecule has 1 atom stereocenters. The summed E-state index contributed by atoms with van der Waals surface area (Å²) >= 11 is 5.73. The maximum absolute atomic E-state index is 13.6. The van der Waals surface area contributed by atoms with Crippen LogP contribution in [-0.4, -0.2) is 21.7 Å². The fourth-order valence-electron chi connectivity index (χ4n) is 4.51. The molecule has 0 radical (unpaired) electrons. The number of nitriles is 1. The summed E-state index contributed by atoms with van der Waals surface area (Å²) in [5.41, 5.74) is 0.876. The monoisotopic (exact) mass is 497 g/mol. The summed E-state index contributed by atoms with van der Waals surface area (Å²) in [7, 11) is 0. The highest BCUT2D eigenvalue weighted by atomic mass is 32.1. The first-order chi connectivity index (χ1) is 16.5. The number of benzene rings is 2. The molecule has 2 aromatic carbocycles. The zero-order chi connectivity index (χ0) is 25.5. The molecule has 180 valence electrons. The fourth-order valence-corrected chi connectivity index (χ4v) is 4.95. The third-order valence-corrected chi connectivity index (χ3v) is 6.89. The van der Waals surface area contributed by atoms with E-state index >= 15 is 0 Å². The number of thiocarbonyl (C=S) groups is 1. The van der Waals surface area contributed by atoms with E-state index in [9.17, 15) is 28.0 Å². The minimum atomic E-state index is -4.57. The molecule has 5 nitrogen and oxygen atoms in total. The van der Waals surface area contributed by atoms with Crippen LogP contribution in [0.1, 0.15) is 55.8 Å². The largest absolute Gasteiger partial charge is 0.416 e. The van der Waals surface area contributed by atoms with Crippen molar-refractivity contribution in [1.29, 1.82) is 5.26 Å². The Hall–Kier alpha value is -3.51. The highest BCUT2D eigenvalue weighted by Gasteiger charge is 2.45. The number of nitrogens with zero attached hydrogens (tertiary/aromatic N) is 3. The Morgan fingerprint density at radius 2 is 1.77 bits per heavy atom. The Labute approximate surface area is 206 Å². The molecule has 0 aromatic heterocycles. The van der Waals surface area contributed by atoms with Crippen LogP contribution in [0, 0.1) is 17.2 Å². The van der Waals surface area contributed by atoms with Crippen molar-refractivity contribution in [3.05, 3.63) is 76.5 Å². The topological polar surface area (TPSA) is 64.4 Å². The van der Waals surface area contributed by atoms with Crippen molar-refractivity contribution in [3.8, 4) is 6.07 Å². The van der Waals surface area contributed by atoms with Gasteiger partial charge in [-0.15, -0.1) is 0 Å². The number of ketones is 1. The summed E-state index contributed by atoms with van der Waals surface area (Å²) in [5, 5.41) is 9.18. The summed E-state index contributed by atoms with van der Waals surface area (Å²) in [4.78, 5) is 29.3. The normalized spacial score (nSPS) is 18.9. The lowest BCUT2D eigenvalue weighted by Gasteiger charge is -2.46. The van der Waals surface area contributed by atoms with Gasteiger partial charge in [0, 0.05) is 22.9 Å². The Morgan fingerprint density at radius 1 is 1.11 bits per heavy atom. The van der Waals surface area contributed by atoms with Gasteiger partial charge in [-0.05, 0) is 74.8 Å². The van der Waals surface area contributed by atoms with Crippen LogP contribution in [0.5, 0.6) is 0 Å². The molecule has 1 aliphatic heterocycles. The number of halogens is 3. The highest BCUT2D eigenvalue weighted by Crippen LogP contribution is 2.43. The second-order valence-corrected chi connectivity index (χ2v) is 9.06. The first-order valence-corrected chi connectivity index (χ1v) is 11.5. The number of alkyl halides is 3. The Kier molecular flexibility index (Phi) is 6.52. The van der Waals surface area contributed by atoms with Crippen molar-refractivity contribution in [2.24, 2.45) is 5.92 Å². The second kappa shape index (κ2) is 9.27. The molecular weight excluding hydrogens is 475 g/mol. The first kappa shape index (κ1) is 24.6. The van der Waals surface area contributed by atoms with Crippen molar-refractivity contribution < 1.29 is 22.8 Å². The van der Waals surface area contributed by atoms with E-state index in [1.807, 2.05) is 6.07 Å². The number of allylic oxidation sites excluding steroid dienone is 1. The summed E-state index contributed by atoms with van der Waals surface area (Å²) in [6.45, 7) is 2.98. The van der Waals surface area contributed by atoms with Crippen molar-refractivity contribution in [2.45, 2.75) is 45.3 Å². The van der Waals surface area contributed by atoms with E-state index in [-0.39, 0.29) is 34.0 Å². The molecule has 0 bridgehead atoms. The van der Waals surface area contributed by atoms with Gasteiger partial charge in [0.15, 0.2) is 10.9 Å². The van der Waals surface area contributed by atoms with E-state index in [0.717, 1.165) is 18.6 Å². The number of carbonyl (C=O) groups excluding carboxylic acids is 2. The van der Waals surface area contributed by atoms with Crippen molar-refractivity contribution in [2.75, 3.05) is 4.90 Å². The van der Waals surface area contributed by atoms with Gasteiger partial charge < -0.3 is 0 Å². The molecule has 1 amide bonds. The third kappa shape index (κ3) is 4.46. The van der Waals surface area contributed by atoms with Gasteiger partial charge in [0.25, 0.3) is 0 Å². The molecule has 2 aromatic rings. The lowest BCUT2D eigenvalue weighted by atomic mass is 9.82. The minimum absolute atomic E-state index is 0.0121. The summed E-state index contributed by atoms with van der Waals surface area (Å²) < 4.78 is 40.3. The maximum Gasteiger partial charge on any atom is 0.416 e. The number of Topliss-reactive ketones (excluding diaryl/α,β-unsaturated/α-hetero) is 1. The van der Waals surface area contributed by atoms with Gasteiger partial charge in [0.2, 0.25) is 5.91 Å². The number of carbonyl (C=O) groups is 2. The number of hydrogen-bond donors (Lipinski definition) is 0. The van der Waals surface area contributed by atoms with E-state index in [4.69, 9.17) is 12.2 Å². The average molecular weight is 498 g/mol. The van der Waals surface area contributed by atoms with Crippen LogP contribution in [0.25, 0.3) is 0 Å². The van der Waals surface area contributed by atoms with Crippen LogP contribution in [0.4, 0.5) is 18.9 Å². The Bertz CT molecular complexity index is 1270. The van der Waals surface area contributed by atoms with E-state index in [0.29, 0.717) is 29.7 Å². The van der Waals surface area contributed by atoms with Crippen molar-refractivity contribution in [1.82, 2.24) is 4.90 Å². The van der Waals surface area contributed by atoms with Gasteiger partial charge in [0.1, 0.15) is 0 Å². The SMILES string of the molecule is CC(=O)C1=C(C)N(c2cccc(C(F)(F)F)c2)C(=S)N(C(=O)C2CCC2)C1c1ccc(C#N)cc1. The van der Waals surface area contributed by atoms with Crippen LogP contribution >= 0.6 is 12.2 Å². The summed E-state index contributed by atoms with van der Waals surface area (Å²) in [6.07, 6.45) is -2.31. The number of anilines is 1. The lowest BCUT2D eigenvalue weighted by Crippen LogP contribution is -2.55. The standard InChI is InChI=1S/C26H22F3N3O2S/c1-15-22(16(2)33)23(18-11-9-17(14-30)10-12-18)32(24(34)19-5-3-6-19)25(35)31(15)21-8-4-7-20(13-21)26(27,28)29/h4,7-13,19,23H,3,5-6H2,1-2H3. The van der Waals surface area contributed by atoms with Crippen LogP contribution in [0.2, 0.25) is 0 Å². The Balaban J connectivity index is 1.93. The molecule has 1 fully saturated rings. The molecule has 1 aliphatic carbocycles. The lowest BCUT2D eigenvalue weighted by molar-refractivity contribution is -0.138. The predicted octanol–water partition coefficient (Wildman–Crippen LogP) is 5.91. The molecule has 1 unspecified atom stereocenters. The maximum atomic E-state index is 13.6. The molecule has 9 heteroatoms. The van der Waals surface area contributed by atoms with Gasteiger partial charge in [-0.3, -0.25) is 19.4 Å². The number of amides is 1. The molecule has 2 aliphatic rings. The van der Waals surface area contributed by atoms with Crippen LogP contribution in [-0.2, 0) is 15.8 Å². The number of hydrogen-bond acceptors (Lipinski definition) is 4. The van der Waals surface area contributed by atoms with Crippen LogP contribution in [0.15, 0.2) is 59.8 Å². The van der Waals surface area contributed by atoms with Crippen LogP contribution in [0.3, 0.4) is 0 Å². The van der Waals surface area contributed by atoms with Crippen molar-refractivity contribution in [3.63, 3.8) is 0 Å². The van der Waals surface area contributed by atoms with Gasteiger partial charge >= 0.3 is 6.18 Å². The number of rotatable bonds is 4. The third-order valence-electron chi connectivity index (χ3n) is 6.51. The quantitative estimate of drug-likeness (QED) is 0.491. The fraction of sp³-hybridized carbons (Fsp3) is 0.308. The van der Waals surface area contributed by atoms with E-state index in [1.54, 1.807) is 31.2 Å². The first-order valence-electron chi connectivity index (χ1n) is 11.1. The zero-order valence-electron chi connectivity index (χ0n) is 19.1. The van der Waals surface area contributed by atoms with E-state index in [2.05, 4.69) is 0 Å². The van der Waals surface area contributed by atoms with E-state index < -0.39 is 17.8 Å². The molecule has 35 heavy (non-hydrogen) atoms. The molecule has 1 heterocycles. The highest BCUT2D eigenvalue weighted by molar-refractivity contribution is 7.80. The Morgan fingerprint density at radius 3 is 2.29 bits per heavy atom. The minimum Gasteiger partial charge on any atom is -0.295 e. The van der Waals surface area contributed by atoms with E-state index in [1.165, 1.54) is 28.9 Å². The molecule has 0 saturated heterocycles. The molecule has 0 N–H and O–H groups in total. The molecule has 4 rings (SSSR count).